The van der Waals surface area contributed by atoms with E-state index in [1.807, 2.05) is 0 Å². The summed E-state index contributed by atoms with van der Waals surface area (Å²) < 4.78 is 36.4. The fourth-order valence-corrected chi connectivity index (χ4v) is 2.20. The van der Waals surface area contributed by atoms with Gasteiger partial charge in [-0.25, -0.2) is 8.78 Å². The zero-order chi connectivity index (χ0) is 17.0. The highest BCUT2D eigenvalue weighted by molar-refractivity contribution is 5.78. The van der Waals surface area contributed by atoms with Crippen LogP contribution in [0.2, 0.25) is 0 Å². The topological polar surface area (TPSA) is 81.9 Å². The molecule has 1 aliphatic heterocycles. The Hall–Kier alpha value is -2.45. The number of benzene rings is 1. The van der Waals surface area contributed by atoms with Gasteiger partial charge in [-0.2, -0.15) is 0 Å². The van der Waals surface area contributed by atoms with Crippen molar-refractivity contribution in [3.63, 3.8) is 0 Å². The van der Waals surface area contributed by atoms with E-state index in [2.05, 4.69) is 0 Å². The lowest BCUT2D eigenvalue weighted by Gasteiger charge is -2.31. The highest BCUT2D eigenvalue weighted by atomic mass is 19.3. The Morgan fingerprint density at radius 1 is 1.35 bits per heavy atom. The number of methoxy groups -OCH3 is 1. The van der Waals surface area contributed by atoms with Crippen molar-refractivity contribution in [3.05, 3.63) is 28.3 Å². The van der Waals surface area contributed by atoms with Gasteiger partial charge in [-0.05, 0) is 6.07 Å². The maximum absolute atomic E-state index is 13.1. The molecule has 23 heavy (non-hydrogen) atoms. The van der Waals surface area contributed by atoms with E-state index in [4.69, 9.17) is 9.47 Å². The van der Waals surface area contributed by atoms with Gasteiger partial charge in [0.05, 0.1) is 18.1 Å². The second-order valence-corrected chi connectivity index (χ2v) is 5.12. The van der Waals surface area contributed by atoms with Gasteiger partial charge in [0.25, 0.3) is 17.5 Å². The summed E-state index contributed by atoms with van der Waals surface area (Å²) in [7, 11) is 1.32. The van der Waals surface area contributed by atoms with Crippen molar-refractivity contribution < 1.29 is 28.0 Å². The summed E-state index contributed by atoms with van der Waals surface area (Å²) in [6, 6.07) is 3.74. The number of ether oxygens (including phenoxy) is 2. The van der Waals surface area contributed by atoms with E-state index in [9.17, 15) is 23.7 Å². The van der Waals surface area contributed by atoms with E-state index in [-0.39, 0.29) is 49.7 Å². The Morgan fingerprint density at radius 3 is 2.57 bits per heavy atom. The number of nitrogens with zero attached hydrogens (tertiary/aromatic N) is 2. The minimum Gasteiger partial charge on any atom is -0.493 e. The first-order valence-corrected chi connectivity index (χ1v) is 6.93. The number of halogens is 2. The number of hydrogen-bond donors (Lipinski definition) is 0. The molecule has 1 heterocycles. The monoisotopic (exact) mass is 330 g/mol. The normalized spacial score (nSPS) is 16.7. The molecule has 1 aliphatic rings. The van der Waals surface area contributed by atoms with Gasteiger partial charge in [0, 0.05) is 32.0 Å². The lowest BCUT2D eigenvalue weighted by molar-refractivity contribution is -0.384. The summed E-state index contributed by atoms with van der Waals surface area (Å²) >= 11 is 0. The molecule has 0 bridgehead atoms. The molecule has 0 saturated carbocycles. The average Bonchev–Trinajstić information content (AvgIpc) is 2.52. The molecule has 1 amide bonds. The van der Waals surface area contributed by atoms with Gasteiger partial charge in [-0.3, -0.25) is 14.9 Å². The van der Waals surface area contributed by atoms with Gasteiger partial charge in [-0.1, -0.05) is 0 Å². The van der Waals surface area contributed by atoms with Gasteiger partial charge in [-0.15, -0.1) is 0 Å². The van der Waals surface area contributed by atoms with Crippen molar-refractivity contribution in [1.82, 2.24) is 4.90 Å². The predicted octanol–water partition coefficient (Wildman–Crippen LogP) is 2.24. The Kier molecular flexibility index (Phi) is 4.97. The van der Waals surface area contributed by atoms with Gasteiger partial charge in [0.1, 0.15) is 0 Å². The number of hydrogen-bond acceptors (Lipinski definition) is 5. The number of alkyl halides is 2. The molecule has 0 radical (unpaired) electrons. The molecule has 9 heteroatoms. The number of amides is 1. The van der Waals surface area contributed by atoms with Gasteiger partial charge in [0.2, 0.25) is 0 Å². The molecule has 0 atom stereocenters. The Balaban J connectivity index is 1.95. The number of carbonyl (C=O) groups is 1. The third kappa shape index (κ3) is 4.27. The summed E-state index contributed by atoms with van der Waals surface area (Å²) in [5.74, 6) is -2.84. The molecule has 7 nitrogen and oxygen atoms in total. The van der Waals surface area contributed by atoms with Crippen LogP contribution in [0.3, 0.4) is 0 Å². The highest BCUT2D eigenvalue weighted by Crippen LogP contribution is 2.31. The van der Waals surface area contributed by atoms with Gasteiger partial charge in [0.15, 0.2) is 18.1 Å². The van der Waals surface area contributed by atoms with Crippen molar-refractivity contribution in [3.8, 4) is 11.5 Å². The Bertz CT molecular complexity index is 599. The van der Waals surface area contributed by atoms with Crippen molar-refractivity contribution in [2.45, 2.75) is 18.8 Å². The van der Waals surface area contributed by atoms with Crippen LogP contribution in [0.15, 0.2) is 18.2 Å². The van der Waals surface area contributed by atoms with E-state index < -0.39 is 16.8 Å². The second kappa shape index (κ2) is 6.76. The quantitative estimate of drug-likeness (QED) is 0.611. The van der Waals surface area contributed by atoms with Crippen molar-refractivity contribution in [2.75, 3.05) is 26.8 Å². The number of non-ortho nitro benzene ring substituents is 1. The molecule has 1 aromatic rings. The zero-order valence-electron chi connectivity index (χ0n) is 12.5. The van der Waals surface area contributed by atoms with Crippen LogP contribution < -0.4 is 9.47 Å². The van der Waals surface area contributed by atoms with E-state index in [0.717, 1.165) is 0 Å². The average molecular weight is 330 g/mol. The number of nitro groups is 1. The molecule has 1 fully saturated rings. The number of piperidine rings is 1. The summed E-state index contributed by atoms with van der Waals surface area (Å²) in [5, 5.41) is 10.7. The lowest BCUT2D eigenvalue weighted by Crippen LogP contribution is -2.44. The van der Waals surface area contributed by atoms with Crippen LogP contribution in [0.4, 0.5) is 14.5 Å². The Morgan fingerprint density at radius 2 is 2.00 bits per heavy atom. The van der Waals surface area contributed by atoms with Crippen LogP contribution >= 0.6 is 0 Å². The maximum atomic E-state index is 13.1. The zero-order valence-corrected chi connectivity index (χ0v) is 12.5. The van der Waals surface area contributed by atoms with Crippen molar-refractivity contribution >= 4 is 11.6 Å². The summed E-state index contributed by atoms with van der Waals surface area (Å²) in [6.07, 6.45) is -0.723. The summed E-state index contributed by atoms with van der Waals surface area (Å²) in [6.45, 7) is -0.390. The molecule has 2 rings (SSSR count). The van der Waals surface area contributed by atoms with E-state index >= 15 is 0 Å². The first-order chi connectivity index (χ1) is 10.8. The standard InChI is InChI=1S/C14H16F2N2O5/c1-22-12-8-10(18(20)21)2-3-11(12)23-9-13(19)17-6-4-14(15,16)5-7-17/h2-3,8H,4-7,9H2,1H3. The number of rotatable bonds is 5. The lowest BCUT2D eigenvalue weighted by atomic mass is 10.1. The number of carbonyl (C=O) groups excluding carboxylic acids is 1. The molecular formula is C14H16F2N2O5. The third-order valence-electron chi connectivity index (χ3n) is 3.56. The SMILES string of the molecule is COc1cc([N+](=O)[O-])ccc1OCC(=O)N1CCC(F)(F)CC1. The van der Waals surface area contributed by atoms with Crippen LogP contribution in [0.1, 0.15) is 12.8 Å². The molecule has 0 aliphatic carbocycles. The molecule has 1 saturated heterocycles. The van der Waals surface area contributed by atoms with Gasteiger partial charge < -0.3 is 14.4 Å². The smallest absolute Gasteiger partial charge is 0.273 e. The summed E-state index contributed by atoms with van der Waals surface area (Å²) in [4.78, 5) is 23.4. The van der Waals surface area contributed by atoms with Crippen LogP contribution in [0, 0.1) is 10.1 Å². The highest BCUT2D eigenvalue weighted by Gasteiger charge is 2.35. The molecular weight excluding hydrogens is 314 g/mol. The van der Waals surface area contributed by atoms with E-state index in [1.165, 1.54) is 30.2 Å². The molecule has 0 N–H and O–H groups in total. The van der Waals surface area contributed by atoms with Crippen LogP contribution in [-0.4, -0.2) is 48.5 Å². The predicted molar refractivity (Wildman–Crippen MR) is 75.9 cm³/mol. The number of likely N-dealkylation sites (tertiary alicyclic amines) is 1. The minimum absolute atomic E-state index is 0.0212. The van der Waals surface area contributed by atoms with E-state index in [0.29, 0.717) is 0 Å². The number of nitro benzene ring substituents is 1. The second-order valence-electron chi connectivity index (χ2n) is 5.12. The van der Waals surface area contributed by atoms with E-state index in [1.54, 1.807) is 0 Å². The van der Waals surface area contributed by atoms with Gasteiger partial charge >= 0.3 is 0 Å². The first kappa shape index (κ1) is 16.9. The third-order valence-corrected chi connectivity index (χ3v) is 3.56. The molecule has 0 spiro atoms. The molecule has 0 aromatic heterocycles. The molecule has 1 aromatic carbocycles. The fraction of sp³-hybridized carbons (Fsp3) is 0.500. The summed E-state index contributed by atoms with van der Waals surface area (Å²) in [5.41, 5.74) is -0.168. The maximum Gasteiger partial charge on any atom is 0.273 e. The van der Waals surface area contributed by atoms with Crippen LogP contribution in [0.25, 0.3) is 0 Å². The van der Waals surface area contributed by atoms with Crippen molar-refractivity contribution in [1.29, 1.82) is 0 Å². The van der Waals surface area contributed by atoms with Crippen LogP contribution in [0.5, 0.6) is 11.5 Å². The molecule has 0 unspecified atom stereocenters. The fourth-order valence-electron chi connectivity index (χ4n) is 2.20. The first-order valence-electron chi connectivity index (χ1n) is 6.93. The van der Waals surface area contributed by atoms with Crippen molar-refractivity contribution in [2.24, 2.45) is 0 Å². The minimum atomic E-state index is -2.72. The molecule has 126 valence electrons. The largest absolute Gasteiger partial charge is 0.493 e. The Labute approximate surface area is 130 Å². The van der Waals surface area contributed by atoms with Crippen LogP contribution in [-0.2, 0) is 4.79 Å².